The fraction of sp³-hybridized carbons (Fsp3) is 0. The Morgan fingerprint density at radius 2 is 2.40 bits per heavy atom. The molecule has 0 radical (unpaired) electrons. The van der Waals surface area contributed by atoms with Crippen molar-refractivity contribution in [1.82, 2.24) is 5.43 Å². The fourth-order valence-electron chi connectivity index (χ4n) is 0.879. The maximum atomic E-state index is 12.9. The van der Waals surface area contributed by atoms with Crippen LogP contribution in [0.25, 0.3) is 0 Å². The lowest BCUT2D eigenvalue weighted by molar-refractivity contribution is 0.624. The van der Waals surface area contributed by atoms with Gasteiger partial charge in [0, 0.05) is 0 Å². The zero-order valence-corrected chi connectivity index (χ0v) is 8.38. The fourth-order valence-corrected chi connectivity index (χ4v) is 0.932. The van der Waals surface area contributed by atoms with Gasteiger partial charge in [-0.25, -0.2) is 4.39 Å². The second kappa shape index (κ2) is 5.02. The Kier molecular flexibility index (Phi) is 3.71. The standard InChI is InChI=1S/C9H7FN4S/c10-8-2-1-6(3-7(8)4-11)5-13-14-9(12)15/h1-3,5H,(H3,12,14,15)/b13-5+. The van der Waals surface area contributed by atoms with Gasteiger partial charge in [-0.15, -0.1) is 0 Å². The van der Waals surface area contributed by atoms with Crippen molar-refractivity contribution in [3.8, 4) is 6.07 Å². The molecule has 0 atom stereocenters. The minimum absolute atomic E-state index is 0.0331. The highest BCUT2D eigenvalue weighted by molar-refractivity contribution is 7.80. The molecule has 0 spiro atoms. The largest absolute Gasteiger partial charge is 0.375 e. The summed E-state index contributed by atoms with van der Waals surface area (Å²) in [6.45, 7) is 0. The molecule has 0 bridgehead atoms. The summed E-state index contributed by atoms with van der Waals surface area (Å²) in [5.41, 5.74) is 8.03. The van der Waals surface area contributed by atoms with E-state index in [2.05, 4.69) is 22.7 Å². The molecule has 3 N–H and O–H groups in total. The van der Waals surface area contributed by atoms with E-state index in [9.17, 15) is 4.39 Å². The average Bonchev–Trinajstić information content (AvgIpc) is 2.20. The van der Waals surface area contributed by atoms with Crippen LogP contribution in [0.2, 0.25) is 0 Å². The van der Waals surface area contributed by atoms with E-state index in [0.29, 0.717) is 5.56 Å². The quantitative estimate of drug-likeness (QED) is 0.442. The molecular weight excluding hydrogens is 215 g/mol. The topological polar surface area (TPSA) is 74.2 Å². The Bertz CT molecular complexity index is 450. The van der Waals surface area contributed by atoms with Gasteiger partial charge < -0.3 is 5.73 Å². The van der Waals surface area contributed by atoms with Gasteiger partial charge >= 0.3 is 0 Å². The number of thiocarbonyl (C=S) groups is 1. The van der Waals surface area contributed by atoms with Crippen LogP contribution in [0.3, 0.4) is 0 Å². The van der Waals surface area contributed by atoms with Crippen molar-refractivity contribution in [3.05, 3.63) is 35.1 Å². The first-order chi connectivity index (χ1) is 7.13. The van der Waals surface area contributed by atoms with Gasteiger partial charge in [0.15, 0.2) is 5.11 Å². The Morgan fingerprint density at radius 1 is 1.67 bits per heavy atom. The number of hydrogen-bond acceptors (Lipinski definition) is 3. The van der Waals surface area contributed by atoms with Crippen molar-refractivity contribution < 1.29 is 4.39 Å². The number of hydrazone groups is 1. The van der Waals surface area contributed by atoms with E-state index in [-0.39, 0.29) is 10.7 Å². The summed E-state index contributed by atoms with van der Waals surface area (Å²) >= 11 is 4.52. The molecule has 1 aromatic rings. The highest BCUT2D eigenvalue weighted by Gasteiger charge is 2.00. The number of nitrogens with one attached hydrogen (secondary N) is 1. The number of halogens is 1. The van der Waals surface area contributed by atoms with Gasteiger partial charge in [-0.05, 0) is 29.9 Å². The molecule has 0 fully saturated rings. The molecular formula is C9H7FN4S. The lowest BCUT2D eigenvalue weighted by Gasteiger charge is -1.96. The molecule has 15 heavy (non-hydrogen) atoms. The third kappa shape index (κ3) is 3.32. The highest BCUT2D eigenvalue weighted by atomic mass is 32.1. The highest BCUT2D eigenvalue weighted by Crippen LogP contribution is 2.07. The minimum atomic E-state index is -0.558. The van der Waals surface area contributed by atoms with Crippen molar-refractivity contribution in [2.45, 2.75) is 0 Å². The Hall–Kier alpha value is -2.00. The lowest BCUT2D eigenvalue weighted by Crippen LogP contribution is -2.23. The number of rotatable bonds is 2. The van der Waals surface area contributed by atoms with Crippen LogP contribution >= 0.6 is 12.2 Å². The molecule has 0 unspecified atom stereocenters. The first-order valence-electron chi connectivity index (χ1n) is 3.91. The summed E-state index contributed by atoms with van der Waals surface area (Å²) in [5.74, 6) is -0.558. The van der Waals surface area contributed by atoms with Gasteiger partial charge in [0.2, 0.25) is 0 Å². The van der Waals surface area contributed by atoms with Crippen molar-refractivity contribution in [2.24, 2.45) is 10.8 Å². The summed E-state index contributed by atoms with van der Waals surface area (Å²) in [6.07, 6.45) is 1.39. The van der Waals surface area contributed by atoms with Gasteiger partial charge in [-0.2, -0.15) is 10.4 Å². The second-order valence-electron chi connectivity index (χ2n) is 2.59. The van der Waals surface area contributed by atoms with E-state index in [1.54, 1.807) is 6.07 Å². The van der Waals surface area contributed by atoms with E-state index >= 15 is 0 Å². The Balaban J connectivity index is 2.84. The van der Waals surface area contributed by atoms with Crippen LogP contribution < -0.4 is 11.2 Å². The summed E-state index contributed by atoms with van der Waals surface area (Å²) in [5, 5.41) is 12.3. The average molecular weight is 222 g/mol. The molecule has 0 aliphatic carbocycles. The smallest absolute Gasteiger partial charge is 0.184 e. The minimum Gasteiger partial charge on any atom is -0.375 e. The maximum Gasteiger partial charge on any atom is 0.184 e. The summed E-state index contributed by atoms with van der Waals surface area (Å²) in [4.78, 5) is 0. The predicted molar refractivity (Wildman–Crippen MR) is 58.6 cm³/mol. The van der Waals surface area contributed by atoms with Crippen molar-refractivity contribution in [1.29, 1.82) is 5.26 Å². The zero-order chi connectivity index (χ0) is 11.3. The molecule has 0 heterocycles. The molecule has 0 saturated heterocycles. The molecule has 0 amide bonds. The van der Waals surface area contributed by atoms with E-state index in [1.165, 1.54) is 24.4 Å². The molecule has 76 valence electrons. The predicted octanol–water partition coefficient (Wildman–Crippen LogP) is 0.864. The Morgan fingerprint density at radius 3 is 3.00 bits per heavy atom. The maximum absolute atomic E-state index is 12.9. The SMILES string of the molecule is N#Cc1cc(/C=N/NC(N)=S)ccc1F. The number of hydrogen-bond donors (Lipinski definition) is 2. The molecule has 6 heteroatoms. The molecule has 4 nitrogen and oxygen atoms in total. The number of benzene rings is 1. The number of nitriles is 1. The normalized spacial score (nSPS) is 9.87. The van der Waals surface area contributed by atoms with Crippen LogP contribution in [0, 0.1) is 17.1 Å². The van der Waals surface area contributed by atoms with Crippen LogP contribution in [0.5, 0.6) is 0 Å². The third-order valence-corrected chi connectivity index (χ3v) is 1.59. The zero-order valence-electron chi connectivity index (χ0n) is 7.57. The van der Waals surface area contributed by atoms with Crippen molar-refractivity contribution >= 4 is 23.5 Å². The lowest BCUT2D eigenvalue weighted by atomic mass is 10.1. The summed E-state index contributed by atoms with van der Waals surface area (Å²) in [6, 6.07) is 5.78. The van der Waals surface area contributed by atoms with Crippen molar-refractivity contribution in [3.63, 3.8) is 0 Å². The van der Waals surface area contributed by atoms with E-state index in [4.69, 9.17) is 11.0 Å². The van der Waals surface area contributed by atoms with Crippen molar-refractivity contribution in [2.75, 3.05) is 0 Å². The van der Waals surface area contributed by atoms with E-state index in [0.717, 1.165) is 0 Å². The number of nitrogens with two attached hydrogens (primary N) is 1. The molecule has 0 aromatic heterocycles. The van der Waals surface area contributed by atoms with Crippen LogP contribution in [-0.2, 0) is 0 Å². The van der Waals surface area contributed by atoms with Crippen LogP contribution in [-0.4, -0.2) is 11.3 Å². The van der Waals surface area contributed by atoms with Gasteiger partial charge in [-0.1, -0.05) is 6.07 Å². The second-order valence-corrected chi connectivity index (χ2v) is 3.03. The monoisotopic (exact) mass is 222 g/mol. The van der Waals surface area contributed by atoms with E-state index < -0.39 is 5.82 Å². The van der Waals surface area contributed by atoms with Crippen LogP contribution in [0.15, 0.2) is 23.3 Å². The first-order valence-corrected chi connectivity index (χ1v) is 4.32. The van der Waals surface area contributed by atoms with Gasteiger partial charge in [0.25, 0.3) is 0 Å². The summed E-state index contributed by atoms with van der Waals surface area (Å²) in [7, 11) is 0. The Labute approximate surface area is 91.2 Å². The summed E-state index contributed by atoms with van der Waals surface area (Å²) < 4.78 is 12.9. The van der Waals surface area contributed by atoms with Crippen LogP contribution in [0.1, 0.15) is 11.1 Å². The van der Waals surface area contributed by atoms with Gasteiger partial charge in [-0.3, -0.25) is 5.43 Å². The third-order valence-electron chi connectivity index (χ3n) is 1.50. The molecule has 0 saturated carbocycles. The van der Waals surface area contributed by atoms with Gasteiger partial charge in [0.05, 0.1) is 11.8 Å². The molecule has 0 aliphatic heterocycles. The molecule has 1 rings (SSSR count). The number of nitrogens with zero attached hydrogens (tertiary/aromatic N) is 2. The first kappa shape index (κ1) is 11.1. The van der Waals surface area contributed by atoms with E-state index in [1.807, 2.05) is 0 Å². The van der Waals surface area contributed by atoms with Crippen LogP contribution in [0.4, 0.5) is 4.39 Å². The van der Waals surface area contributed by atoms with Gasteiger partial charge in [0.1, 0.15) is 11.9 Å². The molecule has 1 aromatic carbocycles. The molecule has 0 aliphatic rings.